The number of rotatable bonds is 9. The van der Waals surface area contributed by atoms with Gasteiger partial charge in [-0.2, -0.15) is 0 Å². The summed E-state index contributed by atoms with van der Waals surface area (Å²) in [4.78, 5) is 25.8. The fraction of sp³-hybridized carbons (Fsp3) is 0.364. The summed E-state index contributed by atoms with van der Waals surface area (Å²) >= 11 is 0. The van der Waals surface area contributed by atoms with Gasteiger partial charge in [-0.3, -0.25) is 9.59 Å². The fourth-order valence-corrected chi connectivity index (χ4v) is 2.82. The van der Waals surface area contributed by atoms with E-state index in [-0.39, 0.29) is 18.2 Å². The number of carbonyl (C=O) groups excluding carboxylic acids is 2. The summed E-state index contributed by atoms with van der Waals surface area (Å²) < 4.78 is 10.6. The molecule has 150 valence electrons. The van der Waals surface area contributed by atoms with Crippen LogP contribution >= 0.6 is 0 Å². The second-order valence-electron chi connectivity index (χ2n) is 6.61. The summed E-state index contributed by atoms with van der Waals surface area (Å²) in [5.74, 6) is 1.17. The highest BCUT2D eigenvalue weighted by Gasteiger charge is 2.12. The van der Waals surface area contributed by atoms with Crippen LogP contribution in [0.3, 0.4) is 0 Å². The third-order valence-electron chi connectivity index (χ3n) is 4.51. The molecule has 0 radical (unpaired) electrons. The number of ether oxygens (including phenoxy) is 2. The van der Waals surface area contributed by atoms with Gasteiger partial charge in [-0.15, -0.1) is 0 Å². The molecule has 6 nitrogen and oxygen atoms in total. The maximum absolute atomic E-state index is 12.2. The van der Waals surface area contributed by atoms with Crippen molar-refractivity contribution in [3.05, 3.63) is 53.6 Å². The SMILES string of the molecule is COc1ccc(CCN(CCC(=O)Nc2ccc(C)cc2)C(C)=O)cc1OC. The molecule has 6 heteroatoms. The molecule has 0 fully saturated rings. The molecule has 0 aliphatic carbocycles. The van der Waals surface area contributed by atoms with Crippen LogP contribution < -0.4 is 14.8 Å². The molecule has 2 rings (SSSR count). The summed E-state index contributed by atoms with van der Waals surface area (Å²) in [5.41, 5.74) is 2.93. The predicted molar refractivity (Wildman–Crippen MR) is 110 cm³/mol. The number of nitrogens with one attached hydrogen (secondary N) is 1. The monoisotopic (exact) mass is 384 g/mol. The van der Waals surface area contributed by atoms with Crippen LogP contribution in [0.5, 0.6) is 11.5 Å². The van der Waals surface area contributed by atoms with E-state index in [2.05, 4.69) is 5.32 Å². The van der Waals surface area contributed by atoms with Crippen molar-refractivity contribution in [1.29, 1.82) is 0 Å². The van der Waals surface area contributed by atoms with Crippen LogP contribution in [0, 0.1) is 6.92 Å². The molecule has 1 N–H and O–H groups in total. The molecular formula is C22H28N2O4. The van der Waals surface area contributed by atoms with Crippen molar-refractivity contribution >= 4 is 17.5 Å². The Labute approximate surface area is 166 Å². The molecule has 0 saturated carbocycles. The van der Waals surface area contributed by atoms with Gasteiger partial charge in [0.25, 0.3) is 0 Å². The van der Waals surface area contributed by atoms with Crippen LogP contribution in [0.2, 0.25) is 0 Å². The van der Waals surface area contributed by atoms with Crippen LogP contribution in [0.25, 0.3) is 0 Å². The molecule has 28 heavy (non-hydrogen) atoms. The molecule has 0 saturated heterocycles. The number of benzene rings is 2. The molecular weight excluding hydrogens is 356 g/mol. The Morgan fingerprint density at radius 2 is 1.64 bits per heavy atom. The van der Waals surface area contributed by atoms with Gasteiger partial charge in [0.05, 0.1) is 14.2 Å². The van der Waals surface area contributed by atoms with E-state index >= 15 is 0 Å². The summed E-state index contributed by atoms with van der Waals surface area (Å²) in [5, 5.41) is 2.86. The molecule has 2 aromatic carbocycles. The van der Waals surface area contributed by atoms with Crippen LogP contribution in [-0.4, -0.2) is 44.0 Å². The predicted octanol–water partition coefficient (Wildman–Crippen LogP) is 3.43. The Bertz CT molecular complexity index is 803. The lowest BCUT2D eigenvalue weighted by Gasteiger charge is -2.21. The molecule has 2 amide bonds. The van der Waals surface area contributed by atoms with Crippen molar-refractivity contribution in [2.45, 2.75) is 26.7 Å². The lowest BCUT2D eigenvalue weighted by Crippen LogP contribution is -2.33. The topological polar surface area (TPSA) is 67.9 Å². The summed E-state index contributed by atoms with van der Waals surface area (Å²) in [6, 6.07) is 13.3. The van der Waals surface area contributed by atoms with Crippen molar-refractivity contribution in [2.24, 2.45) is 0 Å². The van der Waals surface area contributed by atoms with Crippen molar-refractivity contribution < 1.29 is 19.1 Å². The first-order chi connectivity index (χ1) is 13.4. The molecule has 0 heterocycles. The number of hydrogen-bond acceptors (Lipinski definition) is 4. The summed E-state index contributed by atoms with van der Waals surface area (Å²) in [6.07, 6.45) is 0.916. The van der Waals surface area contributed by atoms with Crippen molar-refractivity contribution in [3.8, 4) is 11.5 Å². The Morgan fingerprint density at radius 3 is 2.25 bits per heavy atom. The van der Waals surface area contributed by atoms with E-state index in [0.717, 1.165) is 16.8 Å². The standard InChI is InChI=1S/C22H28N2O4/c1-16-5-8-19(9-6-16)23-22(26)12-14-24(17(2)25)13-11-18-7-10-20(27-3)21(15-18)28-4/h5-10,15H,11-14H2,1-4H3,(H,23,26). The Balaban J connectivity index is 1.88. The van der Waals surface area contributed by atoms with Gasteiger partial charge in [0.15, 0.2) is 11.5 Å². The quantitative estimate of drug-likeness (QED) is 0.719. The van der Waals surface area contributed by atoms with Gasteiger partial charge in [0.2, 0.25) is 11.8 Å². The van der Waals surface area contributed by atoms with Gasteiger partial charge in [-0.1, -0.05) is 23.8 Å². The molecule has 0 aromatic heterocycles. The zero-order valence-electron chi connectivity index (χ0n) is 17.0. The third kappa shape index (κ3) is 6.30. The molecule has 0 aliphatic heterocycles. The lowest BCUT2D eigenvalue weighted by molar-refractivity contribution is -0.129. The van der Waals surface area contributed by atoms with E-state index in [0.29, 0.717) is 31.0 Å². The summed E-state index contributed by atoms with van der Waals surface area (Å²) in [7, 11) is 3.19. The number of methoxy groups -OCH3 is 2. The minimum atomic E-state index is -0.110. The Kier molecular flexibility index (Phi) is 7.87. The average molecular weight is 384 g/mol. The zero-order valence-corrected chi connectivity index (χ0v) is 17.0. The number of hydrogen-bond donors (Lipinski definition) is 1. The fourth-order valence-electron chi connectivity index (χ4n) is 2.82. The van der Waals surface area contributed by atoms with Gasteiger partial charge in [-0.25, -0.2) is 0 Å². The highest BCUT2D eigenvalue weighted by Crippen LogP contribution is 2.27. The van der Waals surface area contributed by atoms with E-state index < -0.39 is 0 Å². The van der Waals surface area contributed by atoms with Crippen LogP contribution in [0.15, 0.2) is 42.5 Å². The number of aryl methyl sites for hydroxylation is 1. The molecule has 2 aromatic rings. The largest absolute Gasteiger partial charge is 0.493 e. The maximum atomic E-state index is 12.2. The molecule has 0 spiro atoms. The van der Waals surface area contributed by atoms with Crippen LogP contribution in [0.4, 0.5) is 5.69 Å². The minimum Gasteiger partial charge on any atom is -0.493 e. The van der Waals surface area contributed by atoms with Gasteiger partial charge >= 0.3 is 0 Å². The second-order valence-corrected chi connectivity index (χ2v) is 6.61. The van der Waals surface area contributed by atoms with E-state index in [9.17, 15) is 9.59 Å². The number of carbonyl (C=O) groups is 2. The first kappa shape index (κ1) is 21.3. The van der Waals surface area contributed by atoms with Crippen LogP contribution in [0.1, 0.15) is 24.5 Å². The average Bonchev–Trinajstić information content (AvgIpc) is 2.69. The first-order valence-corrected chi connectivity index (χ1v) is 9.26. The lowest BCUT2D eigenvalue weighted by atomic mass is 10.1. The number of nitrogens with zero attached hydrogens (tertiary/aromatic N) is 1. The van der Waals surface area contributed by atoms with Gasteiger partial charge in [-0.05, 0) is 43.2 Å². The normalized spacial score (nSPS) is 10.3. The minimum absolute atomic E-state index is 0.0522. The van der Waals surface area contributed by atoms with Crippen molar-refractivity contribution in [2.75, 3.05) is 32.6 Å². The third-order valence-corrected chi connectivity index (χ3v) is 4.51. The smallest absolute Gasteiger partial charge is 0.226 e. The maximum Gasteiger partial charge on any atom is 0.226 e. The van der Waals surface area contributed by atoms with E-state index in [4.69, 9.17) is 9.47 Å². The van der Waals surface area contributed by atoms with E-state index in [1.807, 2.05) is 49.4 Å². The Morgan fingerprint density at radius 1 is 0.964 bits per heavy atom. The van der Waals surface area contributed by atoms with E-state index in [1.54, 1.807) is 19.1 Å². The van der Waals surface area contributed by atoms with Crippen molar-refractivity contribution in [3.63, 3.8) is 0 Å². The van der Waals surface area contributed by atoms with Gasteiger partial charge in [0.1, 0.15) is 0 Å². The summed E-state index contributed by atoms with van der Waals surface area (Å²) in [6.45, 7) is 4.42. The number of amides is 2. The molecule has 0 atom stereocenters. The second kappa shape index (κ2) is 10.3. The zero-order chi connectivity index (χ0) is 20.5. The van der Waals surface area contributed by atoms with Gasteiger partial charge in [0, 0.05) is 32.1 Å². The number of anilines is 1. The molecule has 0 bridgehead atoms. The first-order valence-electron chi connectivity index (χ1n) is 9.26. The highest BCUT2D eigenvalue weighted by molar-refractivity contribution is 5.91. The Hall–Kier alpha value is -3.02. The highest BCUT2D eigenvalue weighted by atomic mass is 16.5. The van der Waals surface area contributed by atoms with Crippen LogP contribution in [-0.2, 0) is 16.0 Å². The van der Waals surface area contributed by atoms with E-state index in [1.165, 1.54) is 6.92 Å². The molecule has 0 aliphatic rings. The van der Waals surface area contributed by atoms with Gasteiger partial charge < -0.3 is 19.7 Å². The van der Waals surface area contributed by atoms with Crippen molar-refractivity contribution in [1.82, 2.24) is 4.90 Å². The molecule has 0 unspecified atom stereocenters.